The van der Waals surface area contributed by atoms with E-state index in [0.717, 1.165) is 10.9 Å². The Balaban J connectivity index is 1.38. The molecule has 1 aliphatic rings. The normalized spacial score (nSPS) is 23.7. The lowest BCUT2D eigenvalue weighted by Gasteiger charge is -2.29. The molecular weight excluding hydrogens is 364 g/mol. The molecule has 152 valence electrons. The molecule has 2 aromatic heterocycles. The smallest absolute Gasteiger partial charge is 0.191 e. The summed E-state index contributed by atoms with van der Waals surface area (Å²) in [6.07, 6.45) is 4.05. The van der Waals surface area contributed by atoms with Crippen LogP contribution in [0.2, 0.25) is 0 Å². The maximum atomic E-state index is 13.0. The molecule has 1 fully saturated rings. The topological polar surface area (TPSA) is 80.9 Å². The Morgan fingerprint density at radius 2 is 2.07 bits per heavy atom. The molecule has 0 aliphatic heterocycles. The second kappa shape index (κ2) is 8.41. The molecule has 1 N–H and O–H groups in total. The number of benzene rings is 1. The number of rotatable bonds is 6. The van der Waals surface area contributed by atoms with Crippen LogP contribution in [0, 0.1) is 12.8 Å². The van der Waals surface area contributed by atoms with Gasteiger partial charge in [0.25, 0.3) is 0 Å². The number of hydrogen-bond acceptors (Lipinski definition) is 6. The number of aromatic nitrogens is 3. The molecular formula is C23H28N4O2. The van der Waals surface area contributed by atoms with Crippen molar-refractivity contribution < 1.29 is 17.4 Å². The molecule has 1 aliphatic carbocycles. The van der Waals surface area contributed by atoms with E-state index in [9.17, 15) is 4.79 Å². The third-order valence-electron chi connectivity index (χ3n) is 5.48. The molecule has 29 heavy (non-hydrogen) atoms. The van der Waals surface area contributed by atoms with Crippen molar-refractivity contribution in [1.29, 1.82) is 0 Å². The van der Waals surface area contributed by atoms with Crippen molar-refractivity contribution in [2.45, 2.75) is 64.8 Å². The van der Waals surface area contributed by atoms with E-state index >= 15 is 0 Å². The highest BCUT2D eigenvalue weighted by atomic mass is 16.4. The van der Waals surface area contributed by atoms with Crippen LogP contribution >= 0.6 is 0 Å². The summed E-state index contributed by atoms with van der Waals surface area (Å²) in [7, 11) is 0. The van der Waals surface area contributed by atoms with E-state index < -0.39 is 19.7 Å². The van der Waals surface area contributed by atoms with E-state index in [0.29, 0.717) is 48.5 Å². The number of carbonyl (C=O) groups is 1. The van der Waals surface area contributed by atoms with Crippen LogP contribution in [0.3, 0.4) is 0 Å². The lowest BCUT2D eigenvalue weighted by atomic mass is 9.82. The minimum Gasteiger partial charge on any atom is -0.441 e. The second-order valence-electron chi connectivity index (χ2n) is 7.64. The van der Waals surface area contributed by atoms with E-state index in [2.05, 4.69) is 20.5 Å². The van der Waals surface area contributed by atoms with Gasteiger partial charge in [0.15, 0.2) is 11.7 Å². The highest BCUT2D eigenvalue weighted by Gasteiger charge is 2.26. The molecule has 0 saturated heterocycles. The number of nitrogens with one attached hydrogen (secondary N) is 1. The Bertz CT molecular complexity index is 1180. The van der Waals surface area contributed by atoms with Gasteiger partial charge in [0.2, 0.25) is 0 Å². The van der Waals surface area contributed by atoms with Gasteiger partial charge < -0.3 is 9.73 Å². The van der Waals surface area contributed by atoms with Gasteiger partial charge in [0.05, 0.1) is 23.8 Å². The Kier molecular flexibility index (Phi) is 3.94. The molecule has 0 amide bonds. The van der Waals surface area contributed by atoms with Crippen LogP contribution < -0.4 is 5.32 Å². The van der Waals surface area contributed by atoms with E-state index in [-0.39, 0.29) is 24.2 Å². The van der Waals surface area contributed by atoms with E-state index in [4.69, 9.17) is 12.6 Å². The van der Waals surface area contributed by atoms with Crippen molar-refractivity contribution >= 4 is 16.7 Å². The van der Waals surface area contributed by atoms with Gasteiger partial charge in [-0.25, -0.2) is 4.98 Å². The largest absolute Gasteiger partial charge is 0.441 e. The Morgan fingerprint density at radius 1 is 1.24 bits per heavy atom. The van der Waals surface area contributed by atoms with Gasteiger partial charge in [0, 0.05) is 44.1 Å². The molecule has 0 atom stereocenters. The fraction of sp³-hybridized carbons (Fsp3) is 0.478. The van der Waals surface area contributed by atoms with Crippen LogP contribution in [-0.4, -0.2) is 33.0 Å². The standard InChI is InChI=1S/C23H28N4O2/c1-14(2)25-19-7-4-16(5-8-19)22(28)12-20-11-18-10-17(6-9-21(18)27-26-20)23-13-24-15(3)29-23/h6,9-11,13-14,16,19,25H,4-5,7-8,12H2,1-3H3/i1D3,2D3. The van der Waals surface area contributed by atoms with Crippen LogP contribution in [0.5, 0.6) is 0 Å². The molecule has 2 heterocycles. The van der Waals surface area contributed by atoms with Crippen LogP contribution in [0.4, 0.5) is 0 Å². The second-order valence-corrected chi connectivity index (χ2v) is 7.64. The number of aryl methyl sites for hydroxylation is 1. The number of Topliss-reactive ketones (excluding diaryl/α,β-unsaturated/α-hetero) is 1. The average Bonchev–Trinajstić information content (AvgIpc) is 3.22. The van der Waals surface area contributed by atoms with Crippen molar-refractivity contribution in [2.75, 3.05) is 0 Å². The summed E-state index contributed by atoms with van der Waals surface area (Å²) in [4.78, 5) is 17.1. The summed E-state index contributed by atoms with van der Waals surface area (Å²) < 4.78 is 50.9. The molecule has 4 rings (SSSR count). The van der Waals surface area contributed by atoms with E-state index in [1.54, 1.807) is 13.1 Å². The van der Waals surface area contributed by atoms with Crippen LogP contribution in [-0.2, 0) is 11.2 Å². The Labute approximate surface area is 179 Å². The number of carbonyl (C=O) groups excluding carboxylic acids is 1. The van der Waals surface area contributed by atoms with Crippen molar-refractivity contribution in [3.8, 4) is 11.3 Å². The summed E-state index contributed by atoms with van der Waals surface area (Å²) in [5.74, 6) is 1.12. The van der Waals surface area contributed by atoms with Crippen molar-refractivity contribution in [1.82, 2.24) is 20.5 Å². The van der Waals surface area contributed by atoms with Gasteiger partial charge in [-0.05, 0) is 49.9 Å². The molecule has 3 aromatic rings. The summed E-state index contributed by atoms with van der Waals surface area (Å²) >= 11 is 0. The van der Waals surface area contributed by atoms with E-state index in [1.165, 1.54) is 0 Å². The minimum atomic E-state index is -2.63. The van der Waals surface area contributed by atoms with Gasteiger partial charge >= 0.3 is 0 Å². The molecule has 1 aromatic carbocycles. The summed E-state index contributed by atoms with van der Waals surface area (Å²) in [5.41, 5.74) is 2.16. The monoisotopic (exact) mass is 398 g/mol. The summed E-state index contributed by atoms with van der Waals surface area (Å²) in [6, 6.07) is 5.70. The quantitative estimate of drug-likeness (QED) is 0.668. The Morgan fingerprint density at radius 3 is 2.79 bits per heavy atom. The first kappa shape index (κ1) is 13.6. The van der Waals surface area contributed by atoms with Gasteiger partial charge in [-0.15, -0.1) is 0 Å². The van der Waals surface area contributed by atoms with Gasteiger partial charge in [-0.3, -0.25) is 4.79 Å². The number of fused-ring (bicyclic) bond motifs is 1. The molecule has 0 spiro atoms. The van der Waals surface area contributed by atoms with Crippen molar-refractivity contribution in [3.63, 3.8) is 0 Å². The minimum absolute atomic E-state index is 0.0577. The lowest BCUT2D eigenvalue weighted by Crippen LogP contribution is -2.38. The van der Waals surface area contributed by atoms with E-state index in [1.807, 2.05) is 24.3 Å². The zero-order valence-electron chi connectivity index (χ0n) is 22.3. The summed E-state index contributed by atoms with van der Waals surface area (Å²) in [5, 5.41) is 12.1. The third-order valence-corrected chi connectivity index (χ3v) is 5.48. The zero-order chi connectivity index (χ0) is 25.4. The maximum Gasteiger partial charge on any atom is 0.191 e. The number of nitrogens with zero attached hydrogens (tertiary/aromatic N) is 3. The molecule has 6 nitrogen and oxygen atoms in total. The fourth-order valence-electron chi connectivity index (χ4n) is 3.96. The molecule has 6 heteroatoms. The van der Waals surface area contributed by atoms with Gasteiger partial charge in [-0.2, -0.15) is 10.2 Å². The van der Waals surface area contributed by atoms with Crippen LogP contribution in [0.25, 0.3) is 22.2 Å². The van der Waals surface area contributed by atoms with Gasteiger partial charge in [0.1, 0.15) is 5.78 Å². The van der Waals surface area contributed by atoms with Crippen LogP contribution in [0.15, 0.2) is 34.9 Å². The highest BCUT2D eigenvalue weighted by molar-refractivity contribution is 5.86. The predicted molar refractivity (Wildman–Crippen MR) is 113 cm³/mol. The number of ketones is 1. The molecule has 0 radical (unpaired) electrons. The first-order valence-electron chi connectivity index (χ1n) is 12.9. The molecule has 0 unspecified atom stereocenters. The zero-order valence-corrected chi connectivity index (χ0v) is 16.3. The highest BCUT2D eigenvalue weighted by Crippen LogP contribution is 2.27. The summed E-state index contributed by atoms with van der Waals surface area (Å²) in [6.45, 7) is -3.47. The SMILES string of the molecule is [2H]C([2H])([2H])C(NC1CCC(C(=O)Cc2cc3cc(-c4cnc(C)o4)ccc3nn2)CC1)C([2H])([2H])[2H]. The van der Waals surface area contributed by atoms with Crippen molar-refractivity contribution in [2.24, 2.45) is 5.92 Å². The third kappa shape index (κ3) is 4.70. The number of hydrogen-bond donors (Lipinski definition) is 1. The van der Waals surface area contributed by atoms with Crippen molar-refractivity contribution in [3.05, 3.63) is 42.0 Å². The van der Waals surface area contributed by atoms with Gasteiger partial charge in [-0.1, -0.05) is 13.7 Å². The maximum absolute atomic E-state index is 13.0. The fourth-order valence-corrected chi connectivity index (χ4v) is 3.96. The average molecular weight is 399 g/mol. The Hall–Kier alpha value is -2.60. The predicted octanol–water partition coefficient (Wildman–Crippen LogP) is 4.26. The molecule has 0 bridgehead atoms. The first-order valence-corrected chi connectivity index (χ1v) is 9.88. The first-order chi connectivity index (χ1) is 16.4. The molecule has 1 saturated carbocycles. The lowest BCUT2D eigenvalue weighted by molar-refractivity contribution is -0.123. The van der Waals surface area contributed by atoms with Crippen LogP contribution in [0.1, 0.15) is 59.2 Å². The number of oxazole rings is 1.